The highest BCUT2D eigenvalue weighted by molar-refractivity contribution is 5.77. The first-order valence-electron chi connectivity index (χ1n) is 5.37. The van der Waals surface area contributed by atoms with Crippen molar-refractivity contribution < 1.29 is 19.4 Å². The van der Waals surface area contributed by atoms with Crippen molar-refractivity contribution in [2.45, 2.75) is 13.3 Å². The van der Waals surface area contributed by atoms with Gasteiger partial charge in [0.25, 0.3) is 0 Å². The van der Waals surface area contributed by atoms with Crippen LogP contribution >= 0.6 is 0 Å². The molecule has 1 rings (SSSR count). The van der Waals surface area contributed by atoms with Gasteiger partial charge in [0.2, 0.25) is 0 Å². The largest absolute Gasteiger partial charge is 0.480 e. The van der Waals surface area contributed by atoms with Gasteiger partial charge >= 0.3 is 12.1 Å². The molecule has 1 amide bonds. The zero-order chi connectivity index (χ0) is 12.7. The average Bonchev–Trinajstić information content (AvgIpc) is 2.29. The van der Waals surface area contributed by atoms with Crippen LogP contribution in [0.2, 0.25) is 0 Å². The highest BCUT2D eigenvalue weighted by atomic mass is 16.6. The minimum absolute atomic E-state index is 0.348. The van der Waals surface area contributed by atoms with E-state index in [1.807, 2.05) is 6.92 Å². The van der Waals surface area contributed by atoms with Gasteiger partial charge < -0.3 is 9.84 Å². The molecule has 0 fully saturated rings. The fourth-order valence-electron chi connectivity index (χ4n) is 1.32. The number of carbonyl (C=O) groups excluding carboxylic acids is 1. The minimum atomic E-state index is -1.05. The number of aliphatic carboxylic acids is 1. The van der Waals surface area contributed by atoms with Crippen LogP contribution in [0.4, 0.5) is 4.79 Å². The van der Waals surface area contributed by atoms with Gasteiger partial charge in [0, 0.05) is 6.54 Å². The molecule has 0 radical (unpaired) electrons. The highest BCUT2D eigenvalue weighted by Crippen LogP contribution is 2.10. The van der Waals surface area contributed by atoms with Crippen molar-refractivity contribution in [3.05, 3.63) is 30.3 Å². The summed E-state index contributed by atoms with van der Waals surface area (Å²) >= 11 is 0. The minimum Gasteiger partial charge on any atom is -0.480 e. The summed E-state index contributed by atoms with van der Waals surface area (Å²) in [7, 11) is 0. The molecule has 0 aliphatic carbocycles. The number of hydrogen-bond acceptors (Lipinski definition) is 3. The summed E-state index contributed by atoms with van der Waals surface area (Å²) in [6.45, 7) is 1.88. The average molecular weight is 237 g/mol. The molecule has 0 saturated heterocycles. The lowest BCUT2D eigenvalue weighted by Gasteiger charge is -2.19. The second-order valence-electron chi connectivity index (χ2n) is 3.50. The van der Waals surface area contributed by atoms with E-state index in [0.717, 1.165) is 4.90 Å². The molecule has 0 bridgehead atoms. The van der Waals surface area contributed by atoms with Crippen molar-refractivity contribution in [3.63, 3.8) is 0 Å². The van der Waals surface area contributed by atoms with Crippen molar-refractivity contribution in [1.29, 1.82) is 0 Å². The van der Waals surface area contributed by atoms with Gasteiger partial charge in [-0.15, -0.1) is 0 Å². The van der Waals surface area contributed by atoms with Crippen molar-refractivity contribution in [2.24, 2.45) is 0 Å². The van der Waals surface area contributed by atoms with Crippen LogP contribution in [0.25, 0.3) is 0 Å². The smallest absolute Gasteiger partial charge is 0.415 e. The Hall–Kier alpha value is -2.04. The van der Waals surface area contributed by atoms with Gasteiger partial charge in [-0.05, 0) is 18.6 Å². The van der Waals surface area contributed by atoms with Crippen molar-refractivity contribution >= 4 is 12.1 Å². The third-order valence-corrected chi connectivity index (χ3v) is 2.03. The molecule has 1 N–H and O–H groups in total. The maximum Gasteiger partial charge on any atom is 0.415 e. The first-order chi connectivity index (χ1) is 8.13. The van der Waals surface area contributed by atoms with Crippen LogP contribution in [0.5, 0.6) is 5.75 Å². The molecule has 0 aliphatic heterocycles. The highest BCUT2D eigenvalue weighted by Gasteiger charge is 2.17. The lowest BCUT2D eigenvalue weighted by atomic mass is 10.3. The van der Waals surface area contributed by atoms with E-state index in [1.54, 1.807) is 30.3 Å². The molecule has 5 heteroatoms. The first kappa shape index (κ1) is 13.0. The summed E-state index contributed by atoms with van der Waals surface area (Å²) in [5.41, 5.74) is 0. The van der Waals surface area contributed by atoms with Gasteiger partial charge in [0.05, 0.1) is 0 Å². The molecule has 0 aliphatic rings. The number of ether oxygens (including phenoxy) is 1. The molecule has 0 unspecified atom stereocenters. The normalized spacial score (nSPS) is 9.71. The molecule has 17 heavy (non-hydrogen) atoms. The monoisotopic (exact) mass is 237 g/mol. The number of hydrogen-bond donors (Lipinski definition) is 1. The van der Waals surface area contributed by atoms with E-state index in [9.17, 15) is 9.59 Å². The maximum absolute atomic E-state index is 11.7. The quantitative estimate of drug-likeness (QED) is 0.850. The second-order valence-corrected chi connectivity index (χ2v) is 3.50. The summed E-state index contributed by atoms with van der Waals surface area (Å²) in [5, 5.41) is 8.68. The third kappa shape index (κ3) is 4.55. The van der Waals surface area contributed by atoms with Crippen LogP contribution in [-0.4, -0.2) is 35.2 Å². The van der Waals surface area contributed by atoms with Crippen molar-refractivity contribution in [3.8, 4) is 5.75 Å². The second kappa shape index (κ2) is 6.52. The van der Waals surface area contributed by atoms with Gasteiger partial charge in [0.1, 0.15) is 12.3 Å². The van der Waals surface area contributed by atoms with Gasteiger partial charge in [-0.1, -0.05) is 25.1 Å². The molecule has 0 heterocycles. The molecule has 0 spiro atoms. The van der Waals surface area contributed by atoms with Crippen LogP contribution in [0.3, 0.4) is 0 Å². The van der Waals surface area contributed by atoms with E-state index in [2.05, 4.69) is 0 Å². The molecule has 0 atom stereocenters. The molecule has 1 aromatic carbocycles. The topological polar surface area (TPSA) is 66.8 Å². The van der Waals surface area contributed by atoms with Gasteiger partial charge in [-0.2, -0.15) is 0 Å². The number of benzene rings is 1. The summed E-state index contributed by atoms with van der Waals surface area (Å²) < 4.78 is 5.05. The third-order valence-electron chi connectivity index (χ3n) is 2.03. The number of carboxylic acid groups (broad SMARTS) is 1. The number of rotatable bonds is 5. The molecule has 5 nitrogen and oxygen atoms in total. The zero-order valence-electron chi connectivity index (χ0n) is 9.63. The van der Waals surface area contributed by atoms with Crippen LogP contribution in [0, 0.1) is 0 Å². The Bertz CT molecular complexity index is 377. The number of nitrogens with zero attached hydrogens (tertiary/aromatic N) is 1. The fourth-order valence-corrected chi connectivity index (χ4v) is 1.32. The van der Waals surface area contributed by atoms with E-state index < -0.39 is 12.1 Å². The van der Waals surface area contributed by atoms with E-state index in [0.29, 0.717) is 18.7 Å². The Morgan fingerprint density at radius 2 is 1.94 bits per heavy atom. The molecule has 0 aromatic heterocycles. The van der Waals surface area contributed by atoms with Crippen molar-refractivity contribution in [2.75, 3.05) is 13.1 Å². The Kier molecular flexibility index (Phi) is 5.00. The van der Waals surface area contributed by atoms with E-state index in [4.69, 9.17) is 9.84 Å². The Morgan fingerprint density at radius 1 is 1.29 bits per heavy atom. The summed E-state index contributed by atoms with van der Waals surface area (Å²) in [6.07, 6.45) is 0.0393. The van der Waals surface area contributed by atoms with E-state index >= 15 is 0 Å². The number of carboxylic acids is 1. The van der Waals surface area contributed by atoms with Crippen LogP contribution < -0.4 is 4.74 Å². The van der Waals surface area contributed by atoms with Gasteiger partial charge in [-0.25, -0.2) is 4.79 Å². The number of carbonyl (C=O) groups is 2. The van der Waals surface area contributed by atoms with Crippen LogP contribution in [0.15, 0.2) is 30.3 Å². The standard InChI is InChI=1S/C12H15NO4/c1-2-8-13(9-11(14)15)12(16)17-10-6-4-3-5-7-10/h3-7H,2,8-9H2,1H3,(H,14,15). The molecular formula is C12H15NO4. The lowest BCUT2D eigenvalue weighted by Crippen LogP contribution is -2.38. The summed E-state index contributed by atoms with van der Waals surface area (Å²) in [6, 6.07) is 8.57. The number of para-hydroxylation sites is 1. The van der Waals surface area contributed by atoms with Gasteiger partial charge in [-0.3, -0.25) is 9.69 Å². The summed E-state index contributed by atoms with van der Waals surface area (Å²) in [5.74, 6) is -0.646. The summed E-state index contributed by atoms with van der Waals surface area (Å²) in [4.78, 5) is 23.4. The van der Waals surface area contributed by atoms with Crippen molar-refractivity contribution in [1.82, 2.24) is 4.90 Å². The maximum atomic E-state index is 11.7. The Balaban J connectivity index is 2.62. The SMILES string of the molecule is CCCN(CC(=O)O)C(=O)Oc1ccccc1. The predicted octanol–water partition coefficient (Wildman–Crippen LogP) is 1.98. The molecule has 0 saturated carbocycles. The molecular weight excluding hydrogens is 222 g/mol. The van der Waals surface area contributed by atoms with Crippen LogP contribution in [0.1, 0.15) is 13.3 Å². The molecule has 92 valence electrons. The first-order valence-corrected chi connectivity index (χ1v) is 5.37. The van der Waals surface area contributed by atoms with Crippen LogP contribution in [-0.2, 0) is 4.79 Å². The van der Waals surface area contributed by atoms with E-state index in [1.165, 1.54) is 0 Å². The Labute approximate surface area is 99.6 Å². The number of amides is 1. The predicted molar refractivity (Wildman–Crippen MR) is 62.0 cm³/mol. The molecule has 1 aromatic rings. The van der Waals surface area contributed by atoms with E-state index in [-0.39, 0.29) is 6.54 Å². The van der Waals surface area contributed by atoms with Gasteiger partial charge in [0.15, 0.2) is 0 Å². The lowest BCUT2D eigenvalue weighted by molar-refractivity contribution is -0.137. The Morgan fingerprint density at radius 3 is 2.47 bits per heavy atom. The fraction of sp³-hybridized carbons (Fsp3) is 0.333. The zero-order valence-corrected chi connectivity index (χ0v) is 9.63.